The van der Waals surface area contributed by atoms with Crippen molar-refractivity contribution < 1.29 is 91.2 Å². The third-order valence-corrected chi connectivity index (χ3v) is 23.7. The smallest absolute Gasteiger partial charge is 0.357 e. The van der Waals surface area contributed by atoms with Gasteiger partial charge >= 0.3 is 5.97 Å². The minimum Gasteiger partial charge on any atom is -0.495 e. The summed E-state index contributed by atoms with van der Waals surface area (Å²) in [6.45, 7) is 25.2. The fraction of sp³-hybridized carbons (Fsp3) is 0.431. The number of allylic oxidation sites excluding steroid dienone is 1. The van der Waals surface area contributed by atoms with Crippen LogP contribution in [0.1, 0.15) is 189 Å². The molecule has 4 aliphatic heterocycles. The van der Waals surface area contributed by atoms with Gasteiger partial charge in [-0.1, -0.05) is 58.2 Å². The minimum atomic E-state index is -2.20. The van der Waals surface area contributed by atoms with Gasteiger partial charge in [-0.2, -0.15) is 0 Å². The number of hydrogen-bond acceptors (Lipinski definition) is 31. The standard InChI is InChI=1S/C72H85N19O18S5/c1-14-26(3)47-63(105)78-30(7)57(99)75-28(5)56(98)76-31(8)58(100)91-72-19-18-40(66-85-43(22-111-66)59(101)77-29(6)55(97)74-27(4)54(73)96)81-52(72)42-21-112-67(83-42)49(34(11)109-69(107)41-20-37(32(9)92)36-16-17-39(79-47)51(95)50(36)80-41)89-60(102)44-24-113-68(86-44)53(71(13,108)35(12)94)90-62(104)45-23-110-65(84-45)38(15-2)82-64(106)48(33(10)93)88-61(103)46-25-114-70(72)87-46/h15-17,20-22,24-26,30-35,39,45,47-49,51-53,79,92-95,108H,4-6,14,18-19,23H2,1-3,7-13H3,(H2,73,96)(H,74,97)(H,75,99)(H,76,98)(H,77,101)(H,78,105)(H,82,106)(H,88,103)(H,89,102)(H,90,104)(H,91,100)/b38-15+/t26?,30?,31?,32?,33?,34?,35?,39?,45?,47?,48?,49?,51?,52-,53?,71?,72+/m1/s1. The lowest BCUT2D eigenvalue weighted by atomic mass is 9.81. The Hall–Kier alpha value is -10.5. The number of thioether (sulfide) groups is 1. The minimum absolute atomic E-state index is 0.0242. The number of ether oxygens (including phenoxy) is 1. The van der Waals surface area contributed by atoms with E-state index >= 15 is 4.79 Å². The number of esters is 1. The van der Waals surface area contributed by atoms with E-state index < -0.39 is 196 Å². The summed E-state index contributed by atoms with van der Waals surface area (Å²) < 4.78 is 6.28. The fourth-order valence-corrected chi connectivity index (χ4v) is 16.7. The van der Waals surface area contributed by atoms with E-state index in [1.807, 2.05) is 6.92 Å². The molecule has 5 aromatic rings. The van der Waals surface area contributed by atoms with Gasteiger partial charge in [-0.3, -0.25) is 20.7 Å². The Morgan fingerprint density at radius 2 is 1.46 bits per heavy atom. The topological polar surface area (TPSA) is 599 Å². The molecule has 15 unspecified atom stereocenters. The van der Waals surface area contributed by atoms with Gasteiger partial charge in [-0.15, -0.1) is 57.1 Å². The van der Waals surface area contributed by atoms with Crippen LogP contribution in [0.3, 0.4) is 0 Å². The number of aliphatic hydroxyl groups is 16. The Morgan fingerprint density at radius 1 is 0.772 bits per heavy atom. The maximum Gasteiger partial charge on any atom is 0.357 e. The number of carbonyl (C=O) groups is 1. The predicted octanol–water partition coefficient (Wildman–Crippen LogP) is 9.43. The van der Waals surface area contributed by atoms with Crippen molar-refractivity contribution in [1.29, 1.82) is 5.41 Å². The van der Waals surface area contributed by atoms with Gasteiger partial charge in [0.05, 0.1) is 53.2 Å². The zero-order valence-corrected chi connectivity index (χ0v) is 66.9. The first-order valence-electron chi connectivity index (χ1n) is 35.3. The highest BCUT2D eigenvalue weighted by Crippen LogP contribution is 2.51. The van der Waals surface area contributed by atoms with Gasteiger partial charge in [0.25, 0.3) is 0 Å². The van der Waals surface area contributed by atoms with Gasteiger partial charge in [0.1, 0.15) is 125 Å². The summed E-state index contributed by atoms with van der Waals surface area (Å²) in [5, 5.41) is 201. The van der Waals surface area contributed by atoms with Crippen molar-refractivity contribution in [3.8, 4) is 0 Å². The number of hydrogen-bond donors (Lipinski definition) is 18. The Bertz CT molecular complexity index is 5060. The molecule has 114 heavy (non-hydrogen) atoms. The normalized spacial score (nSPS) is 27.3. The van der Waals surface area contributed by atoms with E-state index in [9.17, 15) is 81.7 Å². The number of rotatable bonds is 12. The molecular formula is C72H85N19O18S5. The summed E-state index contributed by atoms with van der Waals surface area (Å²) in [4.78, 5) is 91.8. The molecule has 606 valence electrons. The number of nitrogens with zero attached hydrogens (tertiary/aromatic N) is 17. The molecule has 0 radical (unpaired) electrons. The van der Waals surface area contributed by atoms with Crippen molar-refractivity contribution in [3.05, 3.63) is 148 Å². The van der Waals surface area contributed by atoms with Crippen LogP contribution in [0, 0.1) is 11.3 Å². The number of fused-ring (bicyclic) bond motifs is 7. The second-order valence-electron chi connectivity index (χ2n) is 27.2. The number of thiazole rings is 4. The molecular weight excluding hydrogens is 1580 g/mol. The van der Waals surface area contributed by atoms with Crippen LogP contribution in [0.15, 0.2) is 142 Å². The molecule has 0 aromatic carbocycles. The van der Waals surface area contributed by atoms with E-state index in [1.165, 1.54) is 82.1 Å². The van der Waals surface area contributed by atoms with Crippen LogP contribution < -0.4 is 5.32 Å². The van der Waals surface area contributed by atoms with Crippen LogP contribution in [0.4, 0.5) is 0 Å². The third-order valence-electron chi connectivity index (χ3n) is 18.9. The summed E-state index contributed by atoms with van der Waals surface area (Å²) in [6, 6.07) is -11.4. The average molecular weight is 1660 g/mol. The number of carbonyl (C=O) groups excluding carboxylic acids is 1. The largest absolute Gasteiger partial charge is 0.495 e. The monoisotopic (exact) mass is 1660 g/mol. The van der Waals surface area contributed by atoms with Crippen molar-refractivity contribution in [1.82, 2.24) is 30.2 Å². The SMILES string of the molecule is C=C(N=C(O)C(=C)N=C(O)c1csc(C2=N[C@@H]3c4csc(n4)C4N=C(O)c5csc(n5)C(C(C)(O)C(C)O)N=C(O)C5CSC(=N5)/C(=C\C)N=C(O)C(C(C)O)N=C(O)c5csc(n5)[C@@]3(CC2)N=C(O)C(C)N=C(O)C(=C)N=C(O)C(C)N=C(O)C(C(C)CC)NC2C=Cc3c(C(C)O)cc(nc3C2O)C(=O)OC4C)n1)C(=N)O. The number of nitrogens with one attached hydrogen (secondary N) is 2. The van der Waals surface area contributed by atoms with Gasteiger partial charge < -0.3 is 86.4 Å². The summed E-state index contributed by atoms with van der Waals surface area (Å²) in [6.07, 6.45) is -2.92. The third kappa shape index (κ3) is 18.6. The highest BCUT2D eigenvalue weighted by Gasteiger charge is 2.50. The first-order chi connectivity index (χ1) is 53.7. The van der Waals surface area contributed by atoms with Crippen LogP contribution in [0.2, 0.25) is 0 Å². The van der Waals surface area contributed by atoms with E-state index in [2.05, 4.69) is 84.9 Å². The van der Waals surface area contributed by atoms with E-state index in [1.54, 1.807) is 26.0 Å². The molecule has 17 atom stereocenters. The van der Waals surface area contributed by atoms with Gasteiger partial charge in [0.2, 0.25) is 59.0 Å². The van der Waals surface area contributed by atoms with Gasteiger partial charge in [-0.25, -0.2) is 79.6 Å². The van der Waals surface area contributed by atoms with Crippen LogP contribution >= 0.6 is 57.1 Å². The zero-order chi connectivity index (χ0) is 83.4. The molecule has 0 fully saturated rings. The van der Waals surface area contributed by atoms with Crippen LogP contribution in [-0.4, -0.2) is 254 Å². The van der Waals surface area contributed by atoms with Crippen LogP contribution in [0.5, 0.6) is 0 Å². The second kappa shape index (κ2) is 35.5. The lowest BCUT2D eigenvalue weighted by Gasteiger charge is -2.37. The van der Waals surface area contributed by atoms with E-state index in [4.69, 9.17) is 35.1 Å². The Balaban J connectivity index is 1.25. The second-order valence-corrected chi connectivity index (χ2v) is 31.7. The molecule has 0 spiro atoms. The van der Waals surface area contributed by atoms with Crippen LogP contribution in [0.25, 0.3) is 6.08 Å². The van der Waals surface area contributed by atoms with Gasteiger partial charge in [-0.05, 0) is 85.8 Å². The van der Waals surface area contributed by atoms with E-state index in [-0.39, 0.29) is 94.7 Å². The molecule has 0 saturated carbocycles. The van der Waals surface area contributed by atoms with Crippen LogP contribution in [-0.2, 0) is 10.3 Å². The quantitative estimate of drug-likeness (QED) is 0.0314. The number of aliphatic imine (C=N–C) groups is 12. The molecule has 5 aliphatic rings. The number of aromatic nitrogens is 5. The zero-order valence-electron chi connectivity index (χ0n) is 62.8. The molecule has 18 N–H and O–H groups in total. The average Bonchev–Trinajstić information content (AvgIpc) is 1.50. The molecule has 0 amide bonds. The molecule has 37 nitrogen and oxygen atoms in total. The molecule has 1 aliphatic carbocycles. The molecule has 0 saturated heterocycles. The fourth-order valence-electron chi connectivity index (χ4n) is 11.9. The summed E-state index contributed by atoms with van der Waals surface area (Å²) >= 11 is 4.59. The maximum absolute atomic E-state index is 15.1. The Kier molecular flexibility index (Phi) is 26.7. The lowest BCUT2D eigenvalue weighted by Crippen LogP contribution is -2.49. The number of cyclic esters (lactones) is 1. The maximum atomic E-state index is 15.1. The highest BCUT2D eigenvalue weighted by molar-refractivity contribution is 8.14. The van der Waals surface area contributed by atoms with E-state index in [0.29, 0.717) is 6.42 Å². The Morgan fingerprint density at radius 3 is 2.13 bits per heavy atom. The van der Waals surface area contributed by atoms with Crippen molar-refractivity contribution in [2.45, 2.75) is 185 Å². The molecule has 10 rings (SSSR count). The summed E-state index contributed by atoms with van der Waals surface area (Å²) in [5.74, 6) is -10.6. The molecule has 9 heterocycles. The lowest BCUT2D eigenvalue weighted by molar-refractivity contribution is -0.0698. The first kappa shape index (κ1) is 85.9. The summed E-state index contributed by atoms with van der Waals surface area (Å²) in [5.41, 5.74) is -6.70. The van der Waals surface area contributed by atoms with Crippen molar-refractivity contribution >= 4 is 145 Å². The van der Waals surface area contributed by atoms with Crippen molar-refractivity contribution in [3.63, 3.8) is 0 Å². The van der Waals surface area contributed by atoms with Gasteiger partial charge in [0.15, 0.2) is 11.9 Å². The highest BCUT2D eigenvalue weighted by atomic mass is 32.2. The van der Waals surface area contributed by atoms with E-state index in [0.717, 1.165) is 57.1 Å². The first-order valence-corrected chi connectivity index (χ1v) is 39.8. The van der Waals surface area contributed by atoms with Gasteiger partial charge in [0, 0.05) is 32.8 Å². The predicted molar refractivity (Wildman–Crippen MR) is 438 cm³/mol. The number of pyridine rings is 1. The number of aliphatic hydroxyl groups excluding tert-OH is 15. The van der Waals surface area contributed by atoms with Crippen molar-refractivity contribution in [2.24, 2.45) is 65.8 Å². The molecule has 5 aromatic heterocycles. The molecule has 13 bridgehead atoms. The summed E-state index contributed by atoms with van der Waals surface area (Å²) in [7, 11) is 0. The van der Waals surface area contributed by atoms with Crippen molar-refractivity contribution in [2.75, 3.05) is 5.75 Å². The molecule has 42 heteroatoms. The Labute approximate surface area is 671 Å².